The van der Waals surface area contributed by atoms with Crippen molar-refractivity contribution in [1.82, 2.24) is 0 Å². The van der Waals surface area contributed by atoms with Crippen molar-refractivity contribution < 1.29 is 19.1 Å². The molecule has 2 aromatic rings. The van der Waals surface area contributed by atoms with Gasteiger partial charge in [-0.15, -0.1) is 11.3 Å². The first-order valence-corrected chi connectivity index (χ1v) is 8.92. The van der Waals surface area contributed by atoms with E-state index >= 15 is 0 Å². The SMILES string of the molecule is O=C(COC(=O)CCC(=O)c1ccc(Cl)s1)Nc1cccc(Br)c1. The zero-order valence-corrected chi connectivity index (χ0v) is 15.5. The minimum absolute atomic E-state index is 0.0168. The predicted molar refractivity (Wildman–Crippen MR) is 96.6 cm³/mol. The van der Waals surface area contributed by atoms with Gasteiger partial charge in [-0.3, -0.25) is 14.4 Å². The first kappa shape index (κ1) is 18.6. The van der Waals surface area contributed by atoms with E-state index in [1.807, 2.05) is 6.07 Å². The minimum Gasteiger partial charge on any atom is -0.456 e. The van der Waals surface area contributed by atoms with Crippen LogP contribution in [0.3, 0.4) is 0 Å². The van der Waals surface area contributed by atoms with E-state index in [1.165, 1.54) is 0 Å². The number of anilines is 1. The number of carbonyl (C=O) groups excluding carboxylic acids is 3. The number of thiophene rings is 1. The molecular weight excluding hydrogens is 418 g/mol. The number of Topliss-reactive ketones (excluding diaryl/α,β-unsaturated/α-hetero) is 1. The van der Waals surface area contributed by atoms with Crippen LogP contribution in [0.15, 0.2) is 40.9 Å². The van der Waals surface area contributed by atoms with Crippen LogP contribution in [0.25, 0.3) is 0 Å². The molecule has 0 aliphatic heterocycles. The standard InChI is InChI=1S/C16H13BrClNO4S/c17-10-2-1-3-11(8-10)19-15(21)9-23-16(22)7-4-12(20)13-5-6-14(18)24-13/h1-3,5-6,8H,4,7,9H2,(H,19,21). The average molecular weight is 431 g/mol. The third kappa shape index (κ3) is 6.07. The lowest BCUT2D eigenvalue weighted by molar-refractivity contribution is -0.147. The van der Waals surface area contributed by atoms with Gasteiger partial charge in [0.25, 0.3) is 5.91 Å². The fraction of sp³-hybridized carbons (Fsp3) is 0.188. The highest BCUT2D eigenvalue weighted by molar-refractivity contribution is 9.10. The average Bonchev–Trinajstić information content (AvgIpc) is 2.97. The predicted octanol–water partition coefficient (Wildman–Crippen LogP) is 4.31. The normalized spacial score (nSPS) is 10.2. The van der Waals surface area contributed by atoms with E-state index < -0.39 is 18.5 Å². The summed E-state index contributed by atoms with van der Waals surface area (Å²) in [5.41, 5.74) is 0.593. The van der Waals surface area contributed by atoms with Crippen molar-refractivity contribution in [2.24, 2.45) is 0 Å². The number of halogens is 2. The van der Waals surface area contributed by atoms with Crippen LogP contribution in [-0.4, -0.2) is 24.3 Å². The van der Waals surface area contributed by atoms with Crippen LogP contribution in [0.4, 0.5) is 5.69 Å². The highest BCUT2D eigenvalue weighted by Crippen LogP contribution is 2.23. The van der Waals surface area contributed by atoms with Gasteiger partial charge in [0, 0.05) is 16.6 Å². The second-order valence-corrected chi connectivity index (χ2v) is 7.38. The Balaban J connectivity index is 1.71. The lowest BCUT2D eigenvalue weighted by atomic mass is 10.2. The van der Waals surface area contributed by atoms with Crippen LogP contribution in [0, 0.1) is 0 Å². The van der Waals surface area contributed by atoms with Gasteiger partial charge in [0.05, 0.1) is 15.6 Å². The summed E-state index contributed by atoms with van der Waals surface area (Å²) in [6.45, 7) is -0.398. The van der Waals surface area contributed by atoms with Gasteiger partial charge in [-0.25, -0.2) is 0 Å². The van der Waals surface area contributed by atoms with E-state index in [1.54, 1.807) is 30.3 Å². The Morgan fingerprint density at radius 1 is 1.17 bits per heavy atom. The van der Waals surface area contributed by atoms with E-state index in [4.69, 9.17) is 16.3 Å². The molecule has 0 radical (unpaired) electrons. The van der Waals surface area contributed by atoms with Crippen molar-refractivity contribution in [3.63, 3.8) is 0 Å². The molecule has 0 saturated heterocycles. The van der Waals surface area contributed by atoms with Crippen LogP contribution >= 0.6 is 38.9 Å². The molecule has 126 valence electrons. The molecule has 8 heteroatoms. The van der Waals surface area contributed by atoms with Gasteiger partial charge >= 0.3 is 5.97 Å². The second-order valence-electron chi connectivity index (χ2n) is 4.75. The van der Waals surface area contributed by atoms with Crippen molar-refractivity contribution in [3.8, 4) is 0 Å². The number of esters is 1. The Labute approximate surface area is 156 Å². The van der Waals surface area contributed by atoms with Crippen molar-refractivity contribution in [3.05, 3.63) is 50.1 Å². The number of nitrogens with one attached hydrogen (secondary N) is 1. The van der Waals surface area contributed by atoms with Crippen LogP contribution < -0.4 is 5.32 Å². The first-order chi connectivity index (χ1) is 11.4. The molecule has 0 aliphatic carbocycles. The molecule has 1 aromatic carbocycles. The van der Waals surface area contributed by atoms with Crippen LogP contribution in [0.2, 0.25) is 4.34 Å². The molecule has 0 spiro atoms. The van der Waals surface area contributed by atoms with Gasteiger partial charge in [0.1, 0.15) is 0 Å². The molecular formula is C16H13BrClNO4S. The monoisotopic (exact) mass is 429 g/mol. The van der Waals surface area contributed by atoms with E-state index in [0.29, 0.717) is 14.9 Å². The smallest absolute Gasteiger partial charge is 0.306 e. The number of benzene rings is 1. The second kappa shape index (κ2) is 8.96. The van der Waals surface area contributed by atoms with E-state index in [2.05, 4.69) is 21.2 Å². The maximum absolute atomic E-state index is 11.8. The summed E-state index contributed by atoms with van der Waals surface area (Å²) in [7, 11) is 0. The summed E-state index contributed by atoms with van der Waals surface area (Å²) in [5.74, 6) is -1.23. The summed E-state index contributed by atoms with van der Waals surface area (Å²) in [5, 5.41) is 2.61. The van der Waals surface area contributed by atoms with Gasteiger partial charge in [-0.05, 0) is 30.3 Å². The highest BCUT2D eigenvalue weighted by Gasteiger charge is 2.13. The topological polar surface area (TPSA) is 72.5 Å². The Bertz CT molecular complexity index is 762. The Morgan fingerprint density at radius 3 is 2.62 bits per heavy atom. The van der Waals surface area contributed by atoms with Gasteiger partial charge in [-0.2, -0.15) is 0 Å². The molecule has 0 unspecified atom stereocenters. The largest absolute Gasteiger partial charge is 0.456 e. The van der Waals surface area contributed by atoms with Gasteiger partial charge < -0.3 is 10.1 Å². The molecule has 1 aromatic heterocycles. The molecule has 2 rings (SSSR count). The fourth-order valence-corrected chi connectivity index (χ4v) is 3.19. The van der Waals surface area contributed by atoms with Gasteiger partial charge in [0.15, 0.2) is 12.4 Å². The number of ketones is 1. The number of hydrogen-bond donors (Lipinski definition) is 1. The number of hydrogen-bond acceptors (Lipinski definition) is 5. The summed E-state index contributed by atoms with van der Waals surface area (Å²) >= 11 is 10.2. The molecule has 0 fully saturated rings. The zero-order valence-electron chi connectivity index (χ0n) is 12.4. The van der Waals surface area contributed by atoms with E-state index in [9.17, 15) is 14.4 Å². The minimum atomic E-state index is -0.601. The van der Waals surface area contributed by atoms with E-state index in [-0.39, 0.29) is 18.6 Å². The maximum Gasteiger partial charge on any atom is 0.306 e. The summed E-state index contributed by atoms with van der Waals surface area (Å²) in [6.07, 6.45) is -0.0680. The quantitative estimate of drug-likeness (QED) is 0.525. The molecule has 5 nitrogen and oxygen atoms in total. The van der Waals surface area contributed by atoms with Crippen LogP contribution in [0.5, 0.6) is 0 Å². The van der Waals surface area contributed by atoms with Crippen molar-refractivity contribution in [2.45, 2.75) is 12.8 Å². The summed E-state index contributed by atoms with van der Waals surface area (Å²) in [6, 6.07) is 10.3. The molecule has 24 heavy (non-hydrogen) atoms. The number of carbonyl (C=O) groups is 3. The van der Waals surface area contributed by atoms with E-state index in [0.717, 1.165) is 15.8 Å². The summed E-state index contributed by atoms with van der Waals surface area (Å²) in [4.78, 5) is 35.7. The molecule has 0 bridgehead atoms. The Morgan fingerprint density at radius 2 is 1.96 bits per heavy atom. The Hall–Kier alpha value is -1.70. The van der Waals surface area contributed by atoms with Gasteiger partial charge in [0.2, 0.25) is 0 Å². The van der Waals surface area contributed by atoms with Crippen LogP contribution in [-0.2, 0) is 14.3 Å². The third-order valence-corrected chi connectivity index (χ3v) is 4.64. The number of amides is 1. The highest BCUT2D eigenvalue weighted by atomic mass is 79.9. The van der Waals surface area contributed by atoms with Gasteiger partial charge in [-0.1, -0.05) is 33.6 Å². The fourth-order valence-electron chi connectivity index (χ4n) is 1.78. The van der Waals surface area contributed by atoms with Crippen LogP contribution in [0.1, 0.15) is 22.5 Å². The number of ether oxygens (including phenoxy) is 1. The molecule has 1 N–H and O–H groups in total. The third-order valence-electron chi connectivity index (χ3n) is 2.88. The molecule has 1 heterocycles. The zero-order chi connectivity index (χ0) is 17.5. The van der Waals surface area contributed by atoms with Crippen molar-refractivity contribution >= 4 is 62.2 Å². The molecule has 1 amide bonds. The number of rotatable bonds is 7. The molecule has 0 atom stereocenters. The van der Waals surface area contributed by atoms with Crippen molar-refractivity contribution in [1.29, 1.82) is 0 Å². The van der Waals surface area contributed by atoms with Crippen molar-refractivity contribution in [2.75, 3.05) is 11.9 Å². The maximum atomic E-state index is 11.8. The molecule has 0 saturated carbocycles. The summed E-state index contributed by atoms with van der Waals surface area (Å²) < 4.78 is 6.20. The first-order valence-electron chi connectivity index (χ1n) is 6.93. The Kier molecular flexibility index (Phi) is 6.96. The molecule has 0 aliphatic rings. The lowest BCUT2D eigenvalue weighted by Gasteiger charge is -2.06. The lowest BCUT2D eigenvalue weighted by Crippen LogP contribution is -2.21.